The van der Waals surface area contributed by atoms with Crippen LogP contribution < -0.4 is 10.6 Å². The van der Waals surface area contributed by atoms with Crippen molar-refractivity contribution < 1.29 is 9.59 Å². The number of hydrogen-bond donors (Lipinski definition) is 2. The molecule has 2 amide bonds. The number of carbonyl (C=O) groups excluding carboxylic acids is 2. The van der Waals surface area contributed by atoms with Gasteiger partial charge in [-0.15, -0.1) is 0 Å². The summed E-state index contributed by atoms with van der Waals surface area (Å²) in [6.45, 7) is 1.42. The molecule has 0 unspecified atom stereocenters. The minimum Gasteiger partial charge on any atom is -0.325 e. The summed E-state index contributed by atoms with van der Waals surface area (Å²) in [5.74, 6) is -0.541. The molecule has 6 nitrogen and oxygen atoms in total. The van der Waals surface area contributed by atoms with Crippen molar-refractivity contribution in [2.24, 2.45) is 0 Å². The number of thiazole rings is 1. The third-order valence-electron chi connectivity index (χ3n) is 2.19. The Bertz CT molecular complexity index is 687. The van der Waals surface area contributed by atoms with Crippen molar-refractivity contribution in [2.45, 2.75) is 13.3 Å². The molecule has 0 aliphatic heterocycles. The van der Waals surface area contributed by atoms with Gasteiger partial charge in [0.05, 0.1) is 16.3 Å². The van der Waals surface area contributed by atoms with Gasteiger partial charge in [-0.1, -0.05) is 11.3 Å². The predicted molar refractivity (Wildman–Crippen MR) is 72.8 cm³/mol. The van der Waals surface area contributed by atoms with Gasteiger partial charge in [0.1, 0.15) is 6.42 Å². The molecule has 0 saturated heterocycles. The van der Waals surface area contributed by atoms with E-state index in [1.165, 1.54) is 18.3 Å². The molecule has 1 aromatic heterocycles. The molecule has 0 aliphatic carbocycles. The summed E-state index contributed by atoms with van der Waals surface area (Å²) in [6.07, 6.45) is -0.188. The fourth-order valence-corrected chi connectivity index (χ4v) is 2.38. The Balaban J connectivity index is 2.23. The second-order valence-electron chi connectivity index (χ2n) is 3.77. The Labute approximate surface area is 113 Å². The highest BCUT2D eigenvalue weighted by Crippen LogP contribution is 2.28. The molecule has 19 heavy (non-hydrogen) atoms. The summed E-state index contributed by atoms with van der Waals surface area (Å²) in [7, 11) is 0. The van der Waals surface area contributed by atoms with Crippen LogP contribution in [0.3, 0.4) is 0 Å². The Hall–Kier alpha value is -2.46. The molecule has 0 atom stereocenters. The van der Waals surface area contributed by atoms with E-state index in [2.05, 4.69) is 15.6 Å². The first-order chi connectivity index (χ1) is 9.08. The fourth-order valence-electron chi connectivity index (χ4n) is 1.49. The molecule has 0 radical (unpaired) electrons. The second kappa shape index (κ2) is 5.46. The van der Waals surface area contributed by atoms with E-state index >= 15 is 0 Å². The number of amides is 2. The standard InChI is InChI=1S/C12H10N4O2S/c1-7(17)14-12-16-9-6-8(2-3-10(9)19-12)15-11(18)4-5-13/h2-3,6H,4H2,1H3,(H,15,18)(H,14,16,17). The highest BCUT2D eigenvalue weighted by atomic mass is 32.1. The largest absolute Gasteiger partial charge is 0.325 e. The maximum Gasteiger partial charge on any atom is 0.238 e. The molecule has 0 aliphatic rings. The van der Waals surface area contributed by atoms with Crippen LogP contribution in [0.2, 0.25) is 0 Å². The third-order valence-corrected chi connectivity index (χ3v) is 3.15. The second-order valence-corrected chi connectivity index (χ2v) is 4.80. The molecule has 0 saturated carbocycles. The third kappa shape index (κ3) is 3.26. The molecular formula is C12H10N4O2S. The van der Waals surface area contributed by atoms with E-state index in [-0.39, 0.29) is 18.2 Å². The molecule has 96 valence electrons. The maximum absolute atomic E-state index is 11.3. The molecule has 2 rings (SSSR count). The molecule has 0 bridgehead atoms. The van der Waals surface area contributed by atoms with Crippen LogP contribution in [-0.4, -0.2) is 16.8 Å². The van der Waals surface area contributed by atoms with Crippen LogP contribution in [0.15, 0.2) is 18.2 Å². The van der Waals surface area contributed by atoms with Crippen molar-refractivity contribution in [1.82, 2.24) is 4.98 Å². The minimum absolute atomic E-state index is 0.179. The smallest absolute Gasteiger partial charge is 0.238 e. The minimum atomic E-state index is -0.362. The Morgan fingerprint density at radius 2 is 2.21 bits per heavy atom. The highest BCUT2D eigenvalue weighted by molar-refractivity contribution is 7.22. The van der Waals surface area contributed by atoms with Crippen molar-refractivity contribution in [3.8, 4) is 6.07 Å². The molecule has 1 heterocycles. The number of hydrogen-bond acceptors (Lipinski definition) is 5. The zero-order valence-corrected chi connectivity index (χ0v) is 10.9. The van der Waals surface area contributed by atoms with Gasteiger partial charge in [0.25, 0.3) is 0 Å². The topological polar surface area (TPSA) is 94.9 Å². The summed E-state index contributed by atoms with van der Waals surface area (Å²) >= 11 is 1.36. The van der Waals surface area contributed by atoms with Crippen LogP contribution in [0.5, 0.6) is 0 Å². The summed E-state index contributed by atoms with van der Waals surface area (Å²) in [6, 6.07) is 7.01. The number of nitrogens with one attached hydrogen (secondary N) is 2. The molecule has 0 fully saturated rings. The van der Waals surface area contributed by atoms with Crippen molar-refractivity contribution in [3.05, 3.63) is 18.2 Å². The van der Waals surface area contributed by atoms with Crippen molar-refractivity contribution in [3.63, 3.8) is 0 Å². The quantitative estimate of drug-likeness (QED) is 0.896. The van der Waals surface area contributed by atoms with Gasteiger partial charge < -0.3 is 10.6 Å². The molecule has 1 aromatic carbocycles. The van der Waals surface area contributed by atoms with Crippen LogP contribution >= 0.6 is 11.3 Å². The average molecular weight is 274 g/mol. The van der Waals surface area contributed by atoms with Gasteiger partial charge in [0, 0.05) is 12.6 Å². The number of benzene rings is 1. The molecule has 2 aromatic rings. The number of nitriles is 1. The lowest BCUT2D eigenvalue weighted by Crippen LogP contribution is -2.09. The van der Waals surface area contributed by atoms with Gasteiger partial charge in [0.15, 0.2) is 5.13 Å². The van der Waals surface area contributed by atoms with E-state index in [1.54, 1.807) is 24.3 Å². The van der Waals surface area contributed by atoms with E-state index < -0.39 is 0 Å². The van der Waals surface area contributed by atoms with E-state index in [9.17, 15) is 9.59 Å². The Morgan fingerprint density at radius 3 is 2.89 bits per heavy atom. The van der Waals surface area contributed by atoms with Gasteiger partial charge in [-0.25, -0.2) is 4.98 Å². The van der Waals surface area contributed by atoms with Crippen LogP contribution in [0.1, 0.15) is 13.3 Å². The van der Waals surface area contributed by atoms with E-state index in [1.807, 2.05) is 0 Å². The first-order valence-corrected chi connectivity index (χ1v) is 6.25. The lowest BCUT2D eigenvalue weighted by atomic mass is 10.3. The zero-order valence-electron chi connectivity index (χ0n) is 10.1. The number of carbonyl (C=O) groups is 2. The van der Waals surface area contributed by atoms with Crippen molar-refractivity contribution in [2.75, 3.05) is 10.6 Å². The lowest BCUT2D eigenvalue weighted by Gasteiger charge is -2.01. The van der Waals surface area contributed by atoms with Gasteiger partial charge in [0.2, 0.25) is 11.8 Å². The van der Waals surface area contributed by atoms with Crippen LogP contribution in [0.4, 0.5) is 10.8 Å². The highest BCUT2D eigenvalue weighted by Gasteiger charge is 2.07. The number of rotatable bonds is 3. The maximum atomic E-state index is 11.3. The van der Waals surface area contributed by atoms with Crippen molar-refractivity contribution in [1.29, 1.82) is 5.26 Å². The first kappa shape index (κ1) is 13.0. The molecule has 2 N–H and O–H groups in total. The van der Waals surface area contributed by atoms with Crippen LogP contribution in [0.25, 0.3) is 10.2 Å². The van der Waals surface area contributed by atoms with Gasteiger partial charge >= 0.3 is 0 Å². The van der Waals surface area contributed by atoms with E-state index in [0.717, 1.165) is 4.70 Å². The normalized spacial score (nSPS) is 9.89. The number of aromatic nitrogens is 1. The van der Waals surface area contributed by atoms with E-state index in [4.69, 9.17) is 5.26 Å². The SMILES string of the molecule is CC(=O)Nc1nc2cc(NC(=O)CC#N)ccc2s1. The van der Waals surface area contributed by atoms with Crippen molar-refractivity contribution >= 4 is 44.2 Å². The summed E-state index contributed by atoms with van der Waals surface area (Å²) in [5, 5.41) is 14.1. The molecular weight excluding hydrogens is 264 g/mol. The average Bonchev–Trinajstić information content (AvgIpc) is 2.69. The molecule has 7 heteroatoms. The monoisotopic (exact) mass is 274 g/mol. The lowest BCUT2D eigenvalue weighted by molar-refractivity contribution is -0.115. The number of anilines is 2. The van der Waals surface area contributed by atoms with Gasteiger partial charge in [-0.2, -0.15) is 5.26 Å². The predicted octanol–water partition coefficient (Wildman–Crippen LogP) is 2.11. The van der Waals surface area contributed by atoms with Gasteiger partial charge in [-0.3, -0.25) is 9.59 Å². The van der Waals surface area contributed by atoms with Crippen LogP contribution in [0, 0.1) is 11.3 Å². The fraction of sp³-hybridized carbons (Fsp3) is 0.167. The zero-order chi connectivity index (χ0) is 13.8. The number of fused-ring (bicyclic) bond motifs is 1. The van der Waals surface area contributed by atoms with E-state index in [0.29, 0.717) is 16.3 Å². The molecule has 0 spiro atoms. The summed E-state index contributed by atoms with van der Waals surface area (Å²) in [4.78, 5) is 26.5. The Kier molecular flexibility index (Phi) is 3.73. The summed E-state index contributed by atoms with van der Waals surface area (Å²) in [5.41, 5.74) is 1.26. The van der Waals surface area contributed by atoms with Gasteiger partial charge in [-0.05, 0) is 18.2 Å². The Morgan fingerprint density at radius 1 is 1.42 bits per heavy atom. The first-order valence-electron chi connectivity index (χ1n) is 5.43. The number of nitrogens with zero attached hydrogens (tertiary/aromatic N) is 2. The summed E-state index contributed by atoms with van der Waals surface area (Å²) < 4.78 is 0.905. The van der Waals surface area contributed by atoms with Crippen LogP contribution in [-0.2, 0) is 9.59 Å².